The van der Waals surface area contributed by atoms with Crippen molar-refractivity contribution in [3.05, 3.63) is 98.5 Å². The summed E-state index contributed by atoms with van der Waals surface area (Å²) in [5, 5.41) is 0.785. The van der Waals surface area contributed by atoms with E-state index in [-0.39, 0.29) is 23.7 Å². The lowest BCUT2D eigenvalue weighted by molar-refractivity contribution is -0.122. The number of aryl methyl sites for hydroxylation is 1. The Hall–Kier alpha value is -2.62. The maximum absolute atomic E-state index is 13.7. The number of anilines is 1. The van der Waals surface area contributed by atoms with Gasteiger partial charge < -0.3 is 0 Å². The van der Waals surface area contributed by atoms with Crippen LogP contribution in [-0.2, 0) is 9.59 Å². The van der Waals surface area contributed by atoms with Crippen LogP contribution in [0, 0.1) is 18.8 Å². The quantitative estimate of drug-likeness (QED) is 0.461. The number of benzene rings is 3. The molecule has 1 aliphatic heterocycles. The van der Waals surface area contributed by atoms with Gasteiger partial charge in [0.15, 0.2) is 0 Å². The summed E-state index contributed by atoms with van der Waals surface area (Å²) in [6.07, 6.45) is 0. The molecule has 3 aromatic rings. The third-order valence-corrected chi connectivity index (χ3v) is 7.40. The van der Waals surface area contributed by atoms with Gasteiger partial charge in [-0.3, -0.25) is 9.59 Å². The molecule has 2 bridgehead atoms. The van der Waals surface area contributed by atoms with Gasteiger partial charge in [0.05, 0.1) is 22.5 Å². The van der Waals surface area contributed by atoms with Crippen LogP contribution in [0.1, 0.15) is 39.7 Å². The third kappa shape index (κ3) is 2.22. The van der Waals surface area contributed by atoms with E-state index in [0.29, 0.717) is 15.7 Å². The van der Waals surface area contributed by atoms with Gasteiger partial charge in [0.2, 0.25) is 11.8 Å². The molecule has 0 spiro atoms. The van der Waals surface area contributed by atoms with Crippen LogP contribution in [0.4, 0.5) is 5.69 Å². The minimum atomic E-state index is -0.429. The van der Waals surface area contributed by atoms with Crippen LogP contribution in [0.15, 0.2) is 60.7 Å². The van der Waals surface area contributed by atoms with Crippen molar-refractivity contribution in [2.75, 3.05) is 4.90 Å². The predicted octanol–water partition coefficient (Wildman–Crippen LogP) is 5.70. The van der Waals surface area contributed by atoms with Gasteiger partial charge in [-0.25, -0.2) is 4.90 Å². The second kappa shape index (κ2) is 6.19. The fourth-order valence-electron chi connectivity index (χ4n) is 5.74. The molecular weight excluding hydrogens is 417 g/mol. The summed E-state index contributed by atoms with van der Waals surface area (Å²) >= 11 is 12.6. The first-order valence-electron chi connectivity index (χ1n) is 9.99. The minimum Gasteiger partial charge on any atom is -0.274 e. The number of imide groups is 1. The van der Waals surface area contributed by atoms with Gasteiger partial charge in [-0.2, -0.15) is 0 Å². The first-order chi connectivity index (χ1) is 14.5. The lowest BCUT2D eigenvalue weighted by Gasteiger charge is -2.46. The molecule has 1 fully saturated rings. The molecule has 4 aliphatic rings. The summed E-state index contributed by atoms with van der Waals surface area (Å²) in [6, 6.07) is 19.5. The number of carbonyl (C=O) groups is 2. The molecule has 3 aromatic carbocycles. The molecule has 5 heteroatoms. The van der Waals surface area contributed by atoms with Crippen molar-refractivity contribution in [1.82, 2.24) is 0 Å². The van der Waals surface area contributed by atoms with Crippen molar-refractivity contribution in [2.45, 2.75) is 18.8 Å². The van der Waals surface area contributed by atoms with Crippen molar-refractivity contribution >= 4 is 40.7 Å². The highest BCUT2D eigenvalue weighted by Gasteiger charge is 2.62. The van der Waals surface area contributed by atoms with E-state index < -0.39 is 11.8 Å². The molecule has 148 valence electrons. The van der Waals surface area contributed by atoms with Gasteiger partial charge in [-0.1, -0.05) is 71.2 Å². The van der Waals surface area contributed by atoms with Crippen molar-refractivity contribution in [2.24, 2.45) is 11.8 Å². The second-order valence-corrected chi connectivity index (χ2v) is 9.22. The molecular formula is C25H17Cl2NO2. The number of carbonyl (C=O) groups excluding carboxylic acids is 2. The molecule has 0 saturated carbocycles. The maximum Gasteiger partial charge on any atom is 0.238 e. The Bertz CT molecular complexity index is 1270. The fourth-order valence-corrected chi connectivity index (χ4v) is 6.11. The summed E-state index contributed by atoms with van der Waals surface area (Å²) in [5.74, 6) is -1.50. The number of rotatable bonds is 1. The Morgan fingerprint density at radius 2 is 1.33 bits per heavy atom. The summed E-state index contributed by atoms with van der Waals surface area (Å²) in [6.45, 7) is 2.06. The van der Waals surface area contributed by atoms with E-state index in [9.17, 15) is 9.59 Å². The molecule has 30 heavy (non-hydrogen) atoms. The van der Waals surface area contributed by atoms with E-state index >= 15 is 0 Å². The number of halogens is 2. The Morgan fingerprint density at radius 1 is 0.733 bits per heavy atom. The van der Waals surface area contributed by atoms with Gasteiger partial charge >= 0.3 is 0 Å². The maximum atomic E-state index is 13.7. The minimum absolute atomic E-state index is 0.133. The Labute approximate surface area is 184 Å². The smallest absolute Gasteiger partial charge is 0.238 e. The number of nitrogens with zero attached hydrogens (tertiary/aromatic N) is 1. The van der Waals surface area contributed by atoms with E-state index in [1.54, 1.807) is 18.2 Å². The molecule has 0 N–H and O–H groups in total. The average Bonchev–Trinajstić information content (AvgIpc) is 3.00. The lowest BCUT2D eigenvalue weighted by atomic mass is 9.55. The molecule has 1 heterocycles. The zero-order valence-electron chi connectivity index (χ0n) is 16.1. The molecule has 2 amide bonds. The highest BCUT2D eigenvalue weighted by Crippen LogP contribution is 2.61. The van der Waals surface area contributed by atoms with Gasteiger partial charge in [-0.05, 0) is 47.4 Å². The standard InChI is InChI=1S/C25H17Cl2NO2/c1-12-6-8-16-17(10-12)21-15-5-3-2-4-14(15)20(16)22-23(21)25(30)28(24(22)29)19-11-13(26)7-9-18(19)27/h2-11,20-23H,1H3/t20-,21-,22+,23-/m1/s1. The first kappa shape index (κ1) is 18.2. The fraction of sp³-hybridized carbons (Fsp3) is 0.200. The predicted molar refractivity (Wildman–Crippen MR) is 117 cm³/mol. The zero-order chi connectivity index (χ0) is 20.7. The van der Waals surface area contributed by atoms with Crippen LogP contribution in [0.5, 0.6) is 0 Å². The summed E-state index contributed by atoms with van der Waals surface area (Å²) in [4.78, 5) is 28.7. The zero-order valence-corrected chi connectivity index (χ0v) is 17.6. The second-order valence-electron chi connectivity index (χ2n) is 8.38. The molecule has 3 aliphatic carbocycles. The van der Waals surface area contributed by atoms with E-state index in [4.69, 9.17) is 23.2 Å². The van der Waals surface area contributed by atoms with Crippen LogP contribution < -0.4 is 4.90 Å². The summed E-state index contributed by atoms with van der Waals surface area (Å²) in [5.41, 5.74) is 6.16. The molecule has 3 nitrogen and oxygen atoms in total. The van der Waals surface area contributed by atoms with Crippen molar-refractivity contribution in [3.8, 4) is 0 Å². The van der Waals surface area contributed by atoms with E-state index in [1.807, 2.05) is 12.1 Å². The van der Waals surface area contributed by atoms with Crippen molar-refractivity contribution in [1.29, 1.82) is 0 Å². The van der Waals surface area contributed by atoms with Gasteiger partial charge in [0.25, 0.3) is 0 Å². The van der Waals surface area contributed by atoms with Crippen LogP contribution in [0.2, 0.25) is 10.0 Å². The highest BCUT2D eigenvalue weighted by atomic mass is 35.5. The number of hydrogen-bond acceptors (Lipinski definition) is 2. The van der Waals surface area contributed by atoms with Crippen LogP contribution in [-0.4, -0.2) is 11.8 Å². The molecule has 0 unspecified atom stereocenters. The average molecular weight is 434 g/mol. The SMILES string of the molecule is Cc1ccc2c(c1)[C@H]1c3ccccc3[C@H]2[C@@H]2C(=O)N(c3cc(Cl)ccc3Cl)C(=O)[C@H]12. The summed E-state index contributed by atoms with van der Waals surface area (Å²) in [7, 11) is 0. The van der Waals surface area contributed by atoms with Crippen molar-refractivity contribution in [3.63, 3.8) is 0 Å². The van der Waals surface area contributed by atoms with Crippen LogP contribution >= 0.6 is 23.2 Å². The molecule has 0 aromatic heterocycles. The molecule has 4 atom stereocenters. The van der Waals surface area contributed by atoms with E-state index in [2.05, 4.69) is 37.3 Å². The topological polar surface area (TPSA) is 37.4 Å². The van der Waals surface area contributed by atoms with E-state index in [1.165, 1.54) is 10.5 Å². The van der Waals surface area contributed by atoms with Crippen molar-refractivity contribution < 1.29 is 9.59 Å². The normalized spacial score (nSPS) is 25.9. The Kier molecular flexibility index (Phi) is 3.75. The number of amides is 2. The van der Waals surface area contributed by atoms with Gasteiger partial charge in [0, 0.05) is 16.9 Å². The Morgan fingerprint density at radius 3 is 2.00 bits per heavy atom. The van der Waals surface area contributed by atoms with Crippen LogP contribution in [0.25, 0.3) is 0 Å². The molecule has 0 radical (unpaired) electrons. The molecule has 7 rings (SSSR count). The van der Waals surface area contributed by atoms with Gasteiger partial charge in [-0.15, -0.1) is 0 Å². The summed E-state index contributed by atoms with van der Waals surface area (Å²) < 4.78 is 0. The van der Waals surface area contributed by atoms with Crippen LogP contribution in [0.3, 0.4) is 0 Å². The van der Waals surface area contributed by atoms with E-state index in [0.717, 1.165) is 22.3 Å². The Balaban J connectivity index is 1.59. The highest BCUT2D eigenvalue weighted by molar-refractivity contribution is 6.38. The monoisotopic (exact) mass is 433 g/mol. The molecule has 1 saturated heterocycles. The number of hydrogen-bond donors (Lipinski definition) is 0. The largest absolute Gasteiger partial charge is 0.274 e. The van der Waals surface area contributed by atoms with Gasteiger partial charge in [0.1, 0.15) is 0 Å². The first-order valence-corrected chi connectivity index (χ1v) is 10.7. The third-order valence-electron chi connectivity index (χ3n) is 6.84. The lowest BCUT2D eigenvalue weighted by Crippen LogP contribution is -2.41.